The predicted octanol–water partition coefficient (Wildman–Crippen LogP) is 4.40. The average molecular weight is 317 g/mol. The Morgan fingerprint density at radius 3 is 2.62 bits per heavy atom. The van der Waals surface area contributed by atoms with E-state index < -0.39 is 0 Å². The third-order valence-electron chi connectivity index (χ3n) is 4.00. The van der Waals surface area contributed by atoms with E-state index in [0.717, 1.165) is 34.5 Å². The van der Waals surface area contributed by atoms with E-state index in [9.17, 15) is 4.79 Å². The van der Waals surface area contributed by atoms with Crippen molar-refractivity contribution in [2.45, 2.75) is 13.0 Å². The number of benzene rings is 2. The monoisotopic (exact) mass is 317 g/mol. The van der Waals surface area contributed by atoms with Gasteiger partial charge in [-0.1, -0.05) is 30.8 Å². The molecule has 0 radical (unpaired) electrons. The molecule has 0 aliphatic carbocycles. The topological polar surface area (TPSA) is 57.8 Å². The van der Waals surface area contributed by atoms with Crippen LogP contribution in [-0.2, 0) is 0 Å². The van der Waals surface area contributed by atoms with Crippen molar-refractivity contribution in [1.82, 2.24) is 9.97 Å². The zero-order valence-electron chi connectivity index (χ0n) is 13.5. The summed E-state index contributed by atoms with van der Waals surface area (Å²) >= 11 is 0. The number of hydrogen-bond donors (Lipinski definition) is 2. The van der Waals surface area contributed by atoms with E-state index in [4.69, 9.17) is 0 Å². The Labute approximate surface area is 141 Å². The van der Waals surface area contributed by atoms with E-state index in [1.165, 1.54) is 0 Å². The average Bonchev–Trinajstić information content (AvgIpc) is 3.16. The normalized spacial score (nSPS) is 11.7. The van der Waals surface area contributed by atoms with Crippen molar-refractivity contribution in [2.24, 2.45) is 0 Å². The van der Waals surface area contributed by atoms with Crippen LogP contribution in [0.2, 0.25) is 0 Å². The van der Waals surface area contributed by atoms with Gasteiger partial charge >= 0.3 is 0 Å². The minimum atomic E-state index is 0.000521. The molecule has 0 aliphatic heterocycles. The highest BCUT2D eigenvalue weighted by atomic mass is 16.1. The van der Waals surface area contributed by atoms with E-state index >= 15 is 0 Å². The largest absolute Gasteiger partial charge is 0.379 e. The molecule has 0 aliphatic rings. The van der Waals surface area contributed by atoms with E-state index in [-0.39, 0.29) is 6.04 Å². The van der Waals surface area contributed by atoms with Gasteiger partial charge in [0, 0.05) is 35.2 Å². The summed E-state index contributed by atoms with van der Waals surface area (Å²) in [6.07, 6.45) is 4.40. The van der Waals surface area contributed by atoms with Crippen LogP contribution in [-0.4, -0.2) is 22.3 Å². The lowest BCUT2D eigenvalue weighted by Gasteiger charge is -2.19. The van der Waals surface area contributed by atoms with Gasteiger partial charge in [-0.3, -0.25) is 4.79 Å². The van der Waals surface area contributed by atoms with Gasteiger partial charge in [0.05, 0.1) is 0 Å². The summed E-state index contributed by atoms with van der Waals surface area (Å²) in [4.78, 5) is 18.5. The fraction of sp³-hybridized carbons (Fsp3) is 0.100. The molecule has 1 aromatic heterocycles. The van der Waals surface area contributed by atoms with E-state index in [2.05, 4.69) is 21.9 Å². The molecule has 0 saturated carbocycles. The Balaban J connectivity index is 1.73. The Kier molecular flexibility index (Phi) is 4.57. The maximum atomic E-state index is 11.2. The van der Waals surface area contributed by atoms with E-state index in [0.29, 0.717) is 5.56 Å². The summed E-state index contributed by atoms with van der Waals surface area (Å²) in [5.74, 6) is 0.846. The molecule has 24 heavy (non-hydrogen) atoms. The molecular weight excluding hydrogens is 298 g/mol. The molecule has 0 spiro atoms. The Morgan fingerprint density at radius 2 is 1.96 bits per heavy atom. The van der Waals surface area contributed by atoms with Gasteiger partial charge in [-0.25, -0.2) is 4.98 Å². The lowest BCUT2D eigenvalue weighted by atomic mass is 9.96. The molecular formula is C20H19N3O. The highest BCUT2D eigenvalue weighted by Crippen LogP contribution is 2.24. The second kappa shape index (κ2) is 6.96. The van der Waals surface area contributed by atoms with Crippen molar-refractivity contribution in [3.63, 3.8) is 0 Å². The molecule has 1 unspecified atom stereocenters. The molecule has 3 aromatic rings. The van der Waals surface area contributed by atoms with Crippen molar-refractivity contribution in [1.29, 1.82) is 0 Å². The first kappa shape index (κ1) is 15.7. The lowest BCUT2D eigenvalue weighted by molar-refractivity contribution is 0.112. The van der Waals surface area contributed by atoms with Gasteiger partial charge in [0.1, 0.15) is 5.82 Å². The smallest absolute Gasteiger partial charge is 0.150 e. The summed E-state index contributed by atoms with van der Waals surface area (Å²) in [5.41, 5.74) is 4.43. The number of H-pyrrole nitrogens is 1. The number of carbonyl (C=O) groups is 1. The van der Waals surface area contributed by atoms with Crippen LogP contribution in [0.25, 0.3) is 17.0 Å². The number of aldehydes is 1. The van der Waals surface area contributed by atoms with Gasteiger partial charge in [0.2, 0.25) is 0 Å². The molecule has 4 nitrogen and oxygen atoms in total. The number of hydrogen-bond acceptors (Lipinski definition) is 3. The summed E-state index contributed by atoms with van der Waals surface area (Å²) in [5, 5.41) is 3.42. The number of nitrogens with one attached hydrogen (secondary N) is 2. The minimum Gasteiger partial charge on any atom is -0.379 e. The number of nitrogens with zero attached hydrogens (tertiary/aromatic N) is 1. The standard InChI is InChI=1S/C20H19N3O/c1-14(19-6-4-3-5-17(19)13-24)15(2)23-18-9-7-16(8-10-18)20-21-11-12-22-20/h3-13,15,23H,1H2,2H3,(H,21,22). The van der Waals surface area contributed by atoms with Gasteiger partial charge in [-0.2, -0.15) is 0 Å². The second-order valence-corrected chi connectivity index (χ2v) is 5.61. The molecule has 1 heterocycles. The highest BCUT2D eigenvalue weighted by molar-refractivity contribution is 5.86. The quantitative estimate of drug-likeness (QED) is 0.662. The number of imidazole rings is 1. The third kappa shape index (κ3) is 3.27. The van der Waals surface area contributed by atoms with Gasteiger partial charge in [0.15, 0.2) is 6.29 Å². The van der Waals surface area contributed by atoms with Crippen molar-refractivity contribution in [3.05, 3.63) is 78.6 Å². The van der Waals surface area contributed by atoms with E-state index in [1.807, 2.05) is 49.4 Å². The molecule has 0 fully saturated rings. The Hall–Kier alpha value is -3.14. The highest BCUT2D eigenvalue weighted by Gasteiger charge is 2.12. The zero-order chi connectivity index (χ0) is 16.9. The molecule has 1 atom stereocenters. The van der Waals surface area contributed by atoms with Crippen LogP contribution in [0, 0.1) is 0 Å². The van der Waals surface area contributed by atoms with Gasteiger partial charge in [-0.15, -0.1) is 0 Å². The summed E-state index contributed by atoms with van der Waals surface area (Å²) in [6.45, 7) is 6.18. The number of rotatable bonds is 6. The van der Waals surface area contributed by atoms with Gasteiger partial charge in [-0.05, 0) is 42.3 Å². The zero-order valence-corrected chi connectivity index (χ0v) is 13.5. The fourth-order valence-corrected chi connectivity index (χ4v) is 2.61. The third-order valence-corrected chi connectivity index (χ3v) is 4.00. The first-order chi connectivity index (χ1) is 11.7. The van der Waals surface area contributed by atoms with Crippen LogP contribution in [0.5, 0.6) is 0 Å². The Bertz CT molecular complexity index is 836. The van der Waals surface area contributed by atoms with Gasteiger partial charge in [0.25, 0.3) is 0 Å². The number of aromatic amines is 1. The second-order valence-electron chi connectivity index (χ2n) is 5.61. The molecule has 120 valence electrons. The van der Waals surface area contributed by atoms with Crippen molar-refractivity contribution in [2.75, 3.05) is 5.32 Å². The maximum Gasteiger partial charge on any atom is 0.150 e. The maximum absolute atomic E-state index is 11.2. The molecule has 4 heteroatoms. The molecule has 0 bridgehead atoms. The van der Waals surface area contributed by atoms with Crippen LogP contribution in [0.1, 0.15) is 22.8 Å². The van der Waals surface area contributed by atoms with E-state index in [1.54, 1.807) is 18.5 Å². The molecule has 3 rings (SSSR count). The molecule has 0 saturated heterocycles. The minimum absolute atomic E-state index is 0.000521. The lowest BCUT2D eigenvalue weighted by Crippen LogP contribution is -2.17. The van der Waals surface area contributed by atoms with Crippen LogP contribution >= 0.6 is 0 Å². The van der Waals surface area contributed by atoms with Crippen molar-refractivity contribution in [3.8, 4) is 11.4 Å². The molecule has 2 N–H and O–H groups in total. The molecule has 0 amide bonds. The van der Waals surface area contributed by atoms with Gasteiger partial charge < -0.3 is 10.3 Å². The first-order valence-electron chi connectivity index (χ1n) is 7.79. The molecule has 2 aromatic carbocycles. The van der Waals surface area contributed by atoms with Crippen molar-refractivity contribution >= 4 is 17.5 Å². The van der Waals surface area contributed by atoms with Crippen LogP contribution in [0.4, 0.5) is 5.69 Å². The van der Waals surface area contributed by atoms with Crippen molar-refractivity contribution < 1.29 is 4.79 Å². The predicted molar refractivity (Wildman–Crippen MR) is 98.0 cm³/mol. The number of carbonyl (C=O) groups excluding carboxylic acids is 1. The first-order valence-corrected chi connectivity index (χ1v) is 7.79. The fourth-order valence-electron chi connectivity index (χ4n) is 2.61. The van der Waals surface area contributed by atoms with Crippen LogP contribution in [0.3, 0.4) is 0 Å². The summed E-state index contributed by atoms with van der Waals surface area (Å²) in [6, 6.07) is 15.5. The van der Waals surface area contributed by atoms with Crippen LogP contribution < -0.4 is 5.32 Å². The number of aromatic nitrogens is 2. The Morgan fingerprint density at radius 1 is 1.21 bits per heavy atom. The number of anilines is 1. The summed E-state index contributed by atoms with van der Waals surface area (Å²) in [7, 11) is 0. The van der Waals surface area contributed by atoms with Crippen LogP contribution in [0.15, 0.2) is 67.5 Å². The SMILES string of the molecule is C=C(c1ccccc1C=O)C(C)Nc1ccc(-c2ncc[nH]2)cc1. The summed E-state index contributed by atoms with van der Waals surface area (Å²) < 4.78 is 0.